The van der Waals surface area contributed by atoms with Gasteiger partial charge in [-0.05, 0) is 64.5 Å². The van der Waals surface area contributed by atoms with Crippen LogP contribution in [0.15, 0.2) is 63.8 Å². The van der Waals surface area contributed by atoms with Crippen LogP contribution < -0.4 is 10.6 Å². The van der Waals surface area contributed by atoms with Crippen molar-refractivity contribution < 1.29 is 14.3 Å². The number of phenols is 1. The summed E-state index contributed by atoms with van der Waals surface area (Å²) in [6, 6.07) is 13.2. The number of hydrogen-bond donors (Lipinski definition) is 3. The third-order valence-corrected chi connectivity index (χ3v) is 3.41. The fourth-order valence-electron chi connectivity index (χ4n) is 1.91. The van der Waals surface area contributed by atoms with Crippen LogP contribution in [0.5, 0.6) is 5.75 Å². The second kappa shape index (κ2) is 6.53. The minimum absolute atomic E-state index is 0.175. The monoisotopic (exact) mass is 373 g/mol. The molecule has 0 aliphatic heterocycles. The number of aromatic hydroxyl groups is 1. The summed E-state index contributed by atoms with van der Waals surface area (Å²) in [5.41, 5.74) is 1.25. The van der Waals surface area contributed by atoms with E-state index in [2.05, 4.69) is 31.5 Å². The molecule has 6 nitrogen and oxygen atoms in total. The molecule has 3 aromatic rings. The fourth-order valence-corrected chi connectivity index (χ4v) is 2.21. The minimum atomic E-state index is -0.377. The lowest BCUT2D eigenvalue weighted by Gasteiger charge is -2.11. The quantitative estimate of drug-likeness (QED) is 0.598. The van der Waals surface area contributed by atoms with E-state index in [0.717, 1.165) is 5.69 Å². The molecule has 3 rings (SSSR count). The molecule has 2 aromatic heterocycles. The first-order valence-electron chi connectivity index (χ1n) is 6.69. The predicted octanol–water partition coefficient (Wildman–Crippen LogP) is 4.14. The molecular formula is C16H12BrN3O3. The number of aromatic nitrogens is 1. The third kappa shape index (κ3) is 3.70. The number of phenolic OH excluding ortho intramolecular Hbond substituents is 1. The standard InChI is InChI=1S/C16H12BrN3O3/c17-14-8-7-13(23-14)16(22)20-12-2-1-9-18-15(12)19-10-3-5-11(21)6-4-10/h1-9,21H,(H,18,19)(H,20,22). The van der Waals surface area contributed by atoms with Gasteiger partial charge in [-0.3, -0.25) is 4.79 Å². The summed E-state index contributed by atoms with van der Waals surface area (Å²) >= 11 is 3.16. The van der Waals surface area contributed by atoms with Crippen LogP contribution in [0.4, 0.5) is 17.2 Å². The van der Waals surface area contributed by atoms with Crippen LogP contribution in [0.3, 0.4) is 0 Å². The highest BCUT2D eigenvalue weighted by atomic mass is 79.9. The summed E-state index contributed by atoms with van der Waals surface area (Å²) < 4.78 is 5.71. The Labute approximate surface area is 140 Å². The number of pyridine rings is 1. The van der Waals surface area contributed by atoms with E-state index in [9.17, 15) is 9.90 Å². The highest BCUT2D eigenvalue weighted by molar-refractivity contribution is 9.10. The molecule has 0 saturated carbocycles. The second-order valence-electron chi connectivity index (χ2n) is 4.63. The van der Waals surface area contributed by atoms with E-state index in [1.165, 1.54) is 0 Å². The number of rotatable bonds is 4. The Morgan fingerprint density at radius 3 is 2.61 bits per heavy atom. The first-order valence-corrected chi connectivity index (χ1v) is 7.49. The van der Waals surface area contributed by atoms with Crippen molar-refractivity contribution in [1.82, 2.24) is 4.98 Å². The van der Waals surface area contributed by atoms with Crippen molar-refractivity contribution in [2.24, 2.45) is 0 Å². The molecule has 0 unspecified atom stereocenters. The number of carbonyl (C=O) groups excluding carboxylic acids is 1. The normalized spacial score (nSPS) is 10.3. The first kappa shape index (κ1) is 15.1. The Kier molecular flexibility index (Phi) is 4.29. The summed E-state index contributed by atoms with van der Waals surface area (Å²) in [4.78, 5) is 16.4. The maximum Gasteiger partial charge on any atom is 0.291 e. The van der Waals surface area contributed by atoms with Gasteiger partial charge in [0.25, 0.3) is 5.91 Å². The summed E-state index contributed by atoms with van der Waals surface area (Å²) in [5.74, 6) is 0.472. The van der Waals surface area contributed by atoms with Gasteiger partial charge in [0, 0.05) is 11.9 Å². The van der Waals surface area contributed by atoms with E-state index in [1.54, 1.807) is 54.7 Å². The zero-order chi connectivity index (χ0) is 16.2. The molecule has 0 fully saturated rings. The van der Waals surface area contributed by atoms with E-state index >= 15 is 0 Å². The smallest absolute Gasteiger partial charge is 0.291 e. The molecule has 0 spiro atoms. The lowest BCUT2D eigenvalue weighted by Crippen LogP contribution is -2.12. The van der Waals surface area contributed by atoms with Crippen molar-refractivity contribution in [2.45, 2.75) is 0 Å². The summed E-state index contributed by atoms with van der Waals surface area (Å²) in [7, 11) is 0. The molecule has 7 heteroatoms. The molecule has 23 heavy (non-hydrogen) atoms. The van der Waals surface area contributed by atoms with Gasteiger partial charge in [-0.25, -0.2) is 4.98 Å². The van der Waals surface area contributed by atoms with Crippen LogP contribution in [0.25, 0.3) is 0 Å². The van der Waals surface area contributed by atoms with Crippen molar-refractivity contribution in [3.05, 3.63) is 65.2 Å². The van der Waals surface area contributed by atoms with Gasteiger partial charge >= 0.3 is 0 Å². The molecule has 1 aromatic carbocycles. The number of benzene rings is 1. The van der Waals surface area contributed by atoms with Crippen LogP contribution in [0.1, 0.15) is 10.6 Å². The maximum atomic E-state index is 12.2. The number of halogens is 1. The lowest BCUT2D eigenvalue weighted by molar-refractivity contribution is 0.0995. The molecule has 116 valence electrons. The van der Waals surface area contributed by atoms with Crippen LogP contribution in [-0.2, 0) is 0 Å². The van der Waals surface area contributed by atoms with Crippen molar-refractivity contribution in [3.8, 4) is 5.75 Å². The topological polar surface area (TPSA) is 87.4 Å². The zero-order valence-electron chi connectivity index (χ0n) is 11.8. The van der Waals surface area contributed by atoms with Crippen molar-refractivity contribution in [2.75, 3.05) is 10.6 Å². The van der Waals surface area contributed by atoms with Crippen LogP contribution in [-0.4, -0.2) is 16.0 Å². The molecule has 0 atom stereocenters. The summed E-state index contributed by atoms with van der Waals surface area (Å²) in [6.07, 6.45) is 1.61. The van der Waals surface area contributed by atoms with Crippen molar-refractivity contribution in [3.63, 3.8) is 0 Å². The summed E-state index contributed by atoms with van der Waals surface area (Å²) in [6.45, 7) is 0. The number of nitrogens with one attached hydrogen (secondary N) is 2. The molecule has 1 amide bonds. The van der Waals surface area contributed by atoms with Gasteiger partial charge in [-0.2, -0.15) is 0 Å². The van der Waals surface area contributed by atoms with Crippen LogP contribution in [0.2, 0.25) is 0 Å². The first-order chi connectivity index (χ1) is 11.1. The lowest BCUT2D eigenvalue weighted by atomic mass is 10.3. The molecule has 2 heterocycles. The van der Waals surface area contributed by atoms with Gasteiger partial charge in [0.05, 0.1) is 5.69 Å². The number of anilines is 3. The van der Waals surface area contributed by atoms with Gasteiger partial charge in [0.1, 0.15) is 5.75 Å². The SMILES string of the molecule is O=C(Nc1cccnc1Nc1ccc(O)cc1)c1ccc(Br)o1. The largest absolute Gasteiger partial charge is 0.508 e. The van der Waals surface area contributed by atoms with Gasteiger partial charge in [0.15, 0.2) is 16.2 Å². The van der Waals surface area contributed by atoms with Crippen LogP contribution in [0, 0.1) is 0 Å². The van der Waals surface area contributed by atoms with Gasteiger partial charge in [-0.15, -0.1) is 0 Å². The Hall–Kier alpha value is -2.80. The van der Waals surface area contributed by atoms with Crippen molar-refractivity contribution >= 4 is 39.0 Å². The maximum absolute atomic E-state index is 12.2. The van der Waals surface area contributed by atoms with Gasteiger partial charge < -0.3 is 20.2 Å². The number of nitrogens with zero attached hydrogens (tertiary/aromatic N) is 1. The Balaban J connectivity index is 1.80. The molecule has 0 saturated heterocycles. The Morgan fingerprint density at radius 2 is 1.91 bits per heavy atom. The molecule has 0 bridgehead atoms. The van der Waals surface area contributed by atoms with E-state index in [-0.39, 0.29) is 17.4 Å². The fraction of sp³-hybridized carbons (Fsp3) is 0. The molecule has 3 N–H and O–H groups in total. The molecule has 0 aliphatic rings. The number of hydrogen-bond acceptors (Lipinski definition) is 5. The van der Waals surface area contributed by atoms with Gasteiger partial charge in [-0.1, -0.05) is 0 Å². The average Bonchev–Trinajstić information content (AvgIpc) is 2.98. The summed E-state index contributed by atoms with van der Waals surface area (Å²) in [5, 5.41) is 15.1. The molecule has 0 aliphatic carbocycles. The second-order valence-corrected chi connectivity index (χ2v) is 5.41. The minimum Gasteiger partial charge on any atom is -0.508 e. The highest BCUT2D eigenvalue weighted by Crippen LogP contribution is 2.25. The average molecular weight is 374 g/mol. The Morgan fingerprint density at radius 1 is 1.13 bits per heavy atom. The van der Waals surface area contributed by atoms with Crippen molar-refractivity contribution in [1.29, 1.82) is 0 Å². The molecular weight excluding hydrogens is 362 g/mol. The van der Waals surface area contributed by atoms with E-state index in [4.69, 9.17) is 4.42 Å². The third-order valence-electron chi connectivity index (χ3n) is 2.98. The van der Waals surface area contributed by atoms with E-state index in [1.807, 2.05) is 0 Å². The molecule has 0 radical (unpaired) electrons. The highest BCUT2D eigenvalue weighted by Gasteiger charge is 2.13. The van der Waals surface area contributed by atoms with Gasteiger partial charge in [0.2, 0.25) is 0 Å². The zero-order valence-corrected chi connectivity index (χ0v) is 13.4. The Bertz CT molecular complexity index is 831. The predicted molar refractivity (Wildman–Crippen MR) is 90.0 cm³/mol. The number of furan rings is 1. The number of carbonyl (C=O) groups is 1. The van der Waals surface area contributed by atoms with Crippen LogP contribution >= 0.6 is 15.9 Å². The van der Waals surface area contributed by atoms with E-state index < -0.39 is 0 Å². The number of amides is 1. The van der Waals surface area contributed by atoms with E-state index in [0.29, 0.717) is 16.2 Å².